The van der Waals surface area contributed by atoms with Gasteiger partial charge in [0.05, 0.1) is 20.1 Å². The number of methoxy groups -OCH3 is 2. The summed E-state index contributed by atoms with van der Waals surface area (Å²) in [5.41, 5.74) is 3.43. The van der Waals surface area contributed by atoms with E-state index in [-0.39, 0.29) is 17.1 Å². The van der Waals surface area contributed by atoms with Gasteiger partial charge >= 0.3 is 0 Å². The van der Waals surface area contributed by atoms with E-state index in [0.29, 0.717) is 11.8 Å². The molecule has 0 N–H and O–H groups in total. The monoisotopic (exact) mass is 364 g/mol. The molecule has 3 nitrogen and oxygen atoms in total. The molecule has 0 aliphatic heterocycles. The SMILES string of the molecule is COc1ccc(C2C(=O)c3ccc(OC)cc3C3CCC(C)(C)CC32)cc1. The highest BCUT2D eigenvalue weighted by molar-refractivity contribution is 6.04. The van der Waals surface area contributed by atoms with Crippen LogP contribution in [0.5, 0.6) is 11.5 Å². The molecule has 0 saturated heterocycles. The van der Waals surface area contributed by atoms with Gasteiger partial charge in [-0.2, -0.15) is 0 Å². The van der Waals surface area contributed by atoms with Gasteiger partial charge in [0.1, 0.15) is 11.5 Å². The lowest BCUT2D eigenvalue weighted by atomic mass is 9.56. The summed E-state index contributed by atoms with van der Waals surface area (Å²) in [5.74, 6) is 2.57. The smallest absolute Gasteiger partial charge is 0.170 e. The third kappa shape index (κ3) is 3.13. The maximum Gasteiger partial charge on any atom is 0.170 e. The molecule has 0 radical (unpaired) electrons. The predicted octanol–water partition coefficient (Wildman–Crippen LogP) is 5.59. The number of benzene rings is 2. The van der Waals surface area contributed by atoms with E-state index in [4.69, 9.17) is 9.47 Å². The zero-order chi connectivity index (χ0) is 19.2. The van der Waals surface area contributed by atoms with Crippen molar-refractivity contribution >= 4 is 5.78 Å². The topological polar surface area (TPSA) is 35.5 Å². The van der Waals surface area contributed by atoms with Crippen LogP contribution in [-0.4, -0.2) is 20.0 Å². The number of ketones is 1. The number of hydrogen-bond acceptors (Lipinski definition) is 3. The van der Waals surface area contributed by atoms with Crippen molar-refractivity contribution in [1.29, 1.82) is 0 Å². The van der Waals surface area contributed by atoms with Crippen molar-refractivity contribution in [3.63, 3.8) is 0 Å². The first-order valence-electron chi connectivity index (χ1n) is 9.79. The molecule has 2 aromatic carbocycles. The summed E-state index contributed by atoms with van der Waals surface area (Å²) in [7, 11) is 3.36. The fraction of sp³-hybridized carbons (Fsp3) is 0.458. The molecular weight excluding hydrogens is 336 g/mol. The van der Waals surface area contributed by atoms with Crippen LogP contribution in [-0.2, 0) is 0 Å². The third-order valence-corrected chi connectivity index (χ3v) is 6.55. The van der Waals surface area contributed by atoms with Crippen molar-refractivity contribution < 1.29 is 14.3 Å². The van der Waals surface area contributed by atoms with Crippen LogP contribution in [0.3, 0.4) is 0 Å². The highest BCUT2D eigenvalue weighted by Crippen LogP contribution is 2.56. The van der Waals surface area contributed by atoms with Crippen LogP contribution in [0.4, 0.5) is 0 Å². The molecule has 2 aromatic rings. The van der Waals surface area contributed by atoms with Crippen LogP contribution >= 0.6 is 0 Å². The molecule has 1 saturated carbocycles. The van der Waals surface area contributed by atoms with Crippen LogP contribution < -0.4 is 9.47 Å². The zero-order valence-corrected chi connectivity index (χ0v) is 16.6. The number of fused-ring (bicyclic) bond motifs is 3. The van der Waals surface area contributed by atoms with Crippen molar-refractivity contribution in [2.45, 2.75) is 44.9 Å². The van der Waals surface area contributed by atoms with Gasteiger partial charge in [0.2, 0.25) is 0 Å². The Morgan fingerprint density at radius 2 is 1.63 bits per heavy atom. The minimum Gasteiger partial charge on any atom is -0.497 e. The molecule has 3 heteroatoms. The van der Waals surface area contributed by atoms with Crippen molar-refractivity contribution in [2.75, 3.05) is 14.2 Å². The molecule has 4 rings (SSSR count). The van der Waals surface area contributed by atoms with Crippen molar-refractivity contribution in [3.05, 3.63) is 59.2 Å². The number of rotatable bonds is 3. The number of carbonyl (C=O) groups is 1. The lowest BCUT2D eigenvalue weighted by Crippen LogP contribution is -2.39. The molecule has 0 aromatic heterocycles. The van der Waals surface area contributed by atoms with E-state index in [9.17, 15) is 4.79 Å². The van der Waals surface area contributed by atoms with E-state index < -0.39 is 0 Å². The first-order valence-corrected chi connectivity index (χ1v) is 9.79. The first kappa shape index (κ1) is 18.1. The minimum atomic E-state index is -0.0821. The third-order valence-electron chi connectivity index (χ3n) is 6.55. The summed E-state index contributed by atoms with van der Waals surface area (Å²) < 4.78 is 10.8. The molecule has 0 heterocycles. The van der Waals surface area contributed by atoms with Crippen LogP contribution in [0.15, 0.2) is 42.5 Å². The minimum absolute atomic E-state index is 0.0821. The number of carbonyl (C=O) groups excluding carboxylic acids is 1. The molecule has 2 aliphatic rings. The fourth-order valence-corrected chi connectivity index (χ4v) is 5.15. The van der Waals surface area contributed by atoms with Crippen LogP contribution in [0.1, 0.15) is 66.4 Å². The molecular formula is C24H28O3. The molecule has 0 amide bonds. The Bertz CT molecular complexity index is 850. The lowest BCUT2D eigenvalue weighted by Gasteiger charge is -2.47. The number of ether oxygens (including phenoxy) is 2. The molecule has 3 atom stereocenters. The lowest BCUT2D eigenvalue weighted by molar-refractivity contribution is 0.0780. The van der Waals surface area contributed by atoms with E-state index in [0.717, 1.165) is 35.5 Å². The van der Waals surface area contributed by atoms with E-state index in [1.807, 2.05) is 24.3 Å². The molecule has 1 fully saturated rings. The summed E-state index contributed by atoms with van der Waals surface area (Å²) in [6.45, 7) is 4.67. The van der Waals surface area contributed by atoms with Crippen LogP contribution in [0.25, 0.3) is 0 Å². The maximum absolute atomic E-state index is 13.6. The summed E-state index contributed by atoms with van der Waals surface area (Å²) >= 11 is 0. The Morgan fingerprint density at radius 1 is 0.963 bits per heavy atom. The molecule has 27 heavy (non-hydrogen) atoms. The summed E-state index contributed by atoms with van der Waals surface area (Å²) in [6.07, 6.45) is 3.38. The molecule has 3 unspecified atom stereocenters. The largest absolute Gasteiger partial charge is 0.497 e. The normalized spacial score (nSPS) is 26.1. The average Bonchev–Trinajstić information content (AvgIpc) is 2.67. The van der Waals surface area contributed by atoms with Crippen molar-refractivity contribution in [1.82, 2.24) is 0 Å². The average molecular weight is 364 g/mol. The standard InChI is InChI=1S/C24H28O3/c1-24(2)12-11-18-20-13-17(27-4)9-10-19(20)23(25)22(21(18)14-24)15-5-7-16(26-3)8-6-15/h5-10,13,18,21-22H,11-12,14H2,1-4H3. The Hall–Kier alpha value is -2.29. The van der Waals surface area contributed by atoms with Gasteiger partial charge in [-0.15, -0.1) is 0 Å². The Morgan fingerprint density at radius 3 is 2.30 bits per heavy atom. The van der Waals surface area contributed by atoms with Crippen LogP contribution in [0, 0.1) is 11.3 Å². The van der Waals surface area contributed by atoms with Crippen molar-refractivity contribution in [2.24, 2.45) is 11.3 Å². The summed E-state index contributed by atoms with van der Waals surface area (Å²) in [4.78, 5) is 13.6. The number of hydrogen-bond donors (Lipinski definition) is 0. The number of Topliss-reactive ketones (excluding diaryl/α,β-unsaturated/α-hetero) is 1. The second kappa shape index (κ2) is 6.70. The van der Waals surface area contributed by atoms with Gasteiger partial charge in [0.15, 0.2) is 5.78 Å². The zero-order valence-electron chi connectivity index (χ0n) is 16.6. The second-order valence-corrected chi connectivity index (χ2v) is 8.75. The Balaban J connectivity index is 1.82. The summed E-state index contributed by atoms with van der Waals surface area (Å²) in [6, 6.07) is 14.0. The highest BCUT2D eigenvalue weighted by Gasteiger charge is 2.47. The van der Waals surface area contributed by atoms with Gasteiger partial charge in [0.25, 0.3) is 0 Å². The summed E-state index contributed by atoms with van der Waals surface area (Å²) in [5, 5.41) is 0. The molecule has 0 spiro atoms. The van der Waals surface area contributed by atoms with Gasteiger partial charge in [-0.05, 0) is 78.0 Å². The highest BCUT2D eigenvalue weighted by atomic mass is 16.5. The Labute approximate surface area is 161 Å². The van der Waals surface area contributed by atoms with Crippen molar-refractivity contribution in [3.8, 4) is 11.5 Å². The van der Waals surface area contributed by atoms with Crippen LogP contribution in [0.2, 0.25) is 0 Å². The quantitative estimate of drug-likeness (QED) is 0.712. The molecule has 2 aliphatic carbocycles. The first-order chi connectivity index (χ1) is 12.9. The Kier molecular flexibility index (Phi) is 4.49. The van der Waals surface area contributed by atoms with E-state index in [1.54, 1.807) is 14.2 Å². The fourth-order valence-electron chi connectivity index (χ4n) is 5.15. The van der Waals surface area contributed by atoms with Gasteiger partial charge in [0, 0.05) is 5.56 Å². The van der Waals surface area contributed by atoms with Gasteiger partial charge in [-0.3, -0.25) is 4.79 Å². The van der Waals surface area contributed by atoms with Gasteiger partial charge in [-0.1, -0.05) is 26.0 Å². The van der Waals surface area contributed by atoms with E-state index in [2.05, 4.69) is 32.0 Å². The van der Waals surface area contributed by atoms with E-state index >= 15 is 0 Å². The molecule has 142 valence electrons. The van der Waals surface area contributed by atoms with Gasteiger partial charge in [-0.25, -0.2) is 0 Å². The second-order valence-electron chi connectivity index (χ2n) is 8.75. The van der Waals surface area contributed by atoms with E-state index in [1.165, 1.54) is 12.0 Å². The maximum atomic E-state index is 13.6. The van der Waals surface area contributed by atoms with Gasteiger partial charge < -0.3 is 9.47 Å². The molecule has 0 bridgehead atoms. The predicted molar refractivity (Wildman–Crippen MR) is 107 cm³/mol.